The summed E-state index contributed by atoms with van der Waals surface area (Å²) in [4.78, 5) is 34.1. The average molecular weight is 296 g/mol. The lowest BCUT2D eigenvalue weighted by atomic mass is 10.1. The summed E-state index contributed by atoms with van der Waals surface area (Å²) in [6.45, 7) is 1.38. The zero-order valence-corrected chi connectivity index (χ0v) is 11.6. The Morgan fingerprint density at radius 3 is 2.52 bits per heavy atom. The third kappa shape index (κ3) is 5.21. The summed E-state index contributed by atoms with van der Waals surface area (Å²) in [6.07, 6.45) is 0.890. The maximum atomic E-state index is 13.3. The predicted molar refractivity (Wildman–Crippen MR) is 73.2 cm³/mol. The molecule has 0 heterocycles. The van der Waals surface area contributed by atoms with Crippen molar-refractivity contribution in [2.75, 3.05) is 6.54 Å². The lowest BCUT2D eigenvalue weighted by Crippen LogP contribution is -2.45. The molecule has 6 nitrogen and oxygen atoms in total. The molecule has 0 radical (unpaired) electrons. The number of rotatable bonds is 7. The molecule has 1 atom stereocenters. The number of carbonyl (C=O) groups is 3. The van der Waals surface area contributed by atoms with Crippen molar-refractivity contribution < 1.29 is 23.9 Å². The number of amides is 2. The van der Waals surface area contributed by atoms with Gasteiger partial charge in [0.2, 0.25) is 5.91 Å². The highest BCUT2D eigenvalue weighted by molar-refractivity contribution is 5.97. The largest absolute Gasteiger partial charge is 0.480 e. The number of nitrogens with one attached hydrogen (secondary N) is 2. The van der Waals surface area contributed by atoms with Crippen LogP contribution < -0.4 is 10.6 Å². The minimum Gasteiger partial charge on any atom is -0.480 e. The van der Waals surface area contributed by atoms with Gasteiger partial charge >= 0.3 is 5.97 Å². The monoisotopic (exact) mass is 296 g/mol. The van der Waals surface area contributed by atoms with Crippen LogP contribution in [0.3, 0.4) is 0 Å². The first-order valence-corrected chi connectivity index (χ1v) is 6.50. The van der Waals surface area contributed by atoms with E-state index in [1.54, 1.807) is 6.92 Å². The van der Waals surface area contributed by atoms with Gasteiger partial charge in [-0.3, -0.25) is 9.59 Å². The van der Waals surface area contributed by atoms with Gasteiger partial charge in [-0.05, 0) is 18.6 Å². The van der Waals surface area contributed by atoms with Crippen molar-refractivity contribution >= 4 is 17.8 Å². The second-order valence-electron chi connectivity index (χ2n) is 4.41. The Morgan fingerprint density at radius 1 is 1.29 bits per heavy atom. The third-order valence-electron chi connectivity index (χ3n) is 2.74. The molecular weight excluding hydrogens is 279 g/mol. The van der Waals surface area contributed by atoms with Crippen molar-refractivity contribution in [2.24, 2.45) is 0 Å². The molecule has 3 N–H and O–H groups in total. The van der Waals surface area contributed by atoms with Gasteiger partial charge in [-0.25, -0.2) is 9.18 Å². The summed E-state index contributed by atoms with van der Waals surface area (Å²) < 4.78 is 13.3. The van der Waals surface area contributed by atoms with E-state index in [1.807, 2.05) is 0 Å². The van der Waals surface area contributed by atoms with Crippen LogP contribution >= 0.6 is 0 Å². The van der Waals surface area contributed by atoms with Gasteiger partial charge in [0.15, 0.2) is 0 Å². The lowest BCUT2D eigenvalue weighted by Gasteiger charge is -2.13. The minimum atomic E-state index is -1.13. The van der Waals surface area contributed by atoms with Gasteiger partial charge in [-0.2, -0.15) is 0 Å². The van der Waals surface area contributed by atoms with E-state index in [0.29, 0.717) is 12.8 Å². The van der Waals surface area contributed by atoms with E-state index in [1.165, 1.54) is 18.2 Å². The molecule has 0 aliphatic rings. The van der Waals surface area contributed by atoms with Crippen molar-refractivity contribution in [1.29, 1.82) is 0 Å². The normalized spacial score (nSPS) is 11.5. The molecule has 114 valence electrons. The number of aliphatic carboxylic acids is 1. The van der Waals surface area contributed by atoms with Gasteiger partial charge in [0.25, 0.3) is 5.91 Å². The lowest BCUT2D eigenvalue weighted by molar-refractivity contribution is -0.141. The SMILES string of the molecule is CCC[C@@H](NC(=O)CNC(=O)c1ccccc1F)C(=O)O. The highest BCUT2D eigenvalue weighted by atomic mass is 19.1. The van der Waals surface area contributed by atoms with Crippen molar-refractivity contribution in [2.45, 2.75) is 25.8 Å². The van der Waals surface area contributed by atoms with E-state index in [-0.39, 0.29) is 5.56 Å². The average Bonchev–Trinajstić information content (AvgIpc) is 2.44. The highest BCUT2D eigenvalue weighted by Crippen LogP contribution is 2.05. The van der Waals surface area contributed by atoms with E-state index in [4.69, 9.17) is 5.11 Å². The van der Waals surface area contributed by atoms with Crippen LogP contribution in [0.2, 0.25) is 0 Å². The van der Waals surface area contributed by atoms with E-state index >= 15 is 0 Å². The quantitative estimate of drug-likeness (QED) is 0.697. The Kier molecular flexibility index (Phi) is 6.32. The zero-order chi connectivity index (χ0) is 15.8. The van der Waals surface area contributed by atoms with Crippen molar-refractivity contribution in [1.82, 2.24) is 10.6 Å². The summed E-state index contributed by atoms with van der Waals surface area (Å²) in [6, 6.07) is 4.38. The Balaban J connectivity index is 2.51. The number of carboxylic acids is 1. The van der Waals surface area contributed by atoms with Gasteiger partial charge in [-0.15, -0.1) is 0 Å². The summed E-state index contributed by atoms with van der Waals surface area (Å²) >= 11 is 0. The maximum Gasteiger partial charge on any atom is 0.326 e. The van der Waals surface area contributed by atoms with E-state index in [9.17, 15) is 18.8 Å². The van der Waals surface area contributed by atoms with Crippen molar-refractivity contribution in [3.63, 3.8) is 0 Å². The molecule has 21 heavy (non-hydrogen) atoms. The van der Waals surface area contributed by atoms with E-state index in [2.05, 4.69) is 10.6 Å². The summed E-state index contributed by atoms with van der Waals surface area (Å²) in [5, 5.41) is 13.4. The molecule has 2 amide bonds. The fourth-order valence-corrected chi connectivity index (χ4v) is 1.69. The van der Waals surface area contributed by atoms with Crippen LogP contribution in [0.1, 0.15) is 30.1 Å². The van der Waals surface area contributed by atoms with Gasteiger partial charge in [0, 0.05) is 0 Å². The number of hydrogen-bond acceptors (Lipinski definition) is 3. The Bertz CT molecular complexity index is 533. The third-order valence-corrected chi connectivity index (χ3v) is 2.74. The van der Waals surface area contributed by atoms with Crippen LogP contribution in [0, 0.1) is 5.82 Å². The molecular formula is C14H17FN2O4. The molecule has 0 spiro atoms. The number of carboxylic acid groups (broad SMARTS) is 1. The van der Waals surface area contributed by atoms with Crippen molar-refractivity contribution in [3.8, 4) is 0 Å². The van der Waals surface area contributed by atoms with E-state index in [0.717, 1.165) is 6.07 Å². The standard InChI is InChI=1S/C14H17FN2O4/c1-2-5-11(14(20)21)17-12(18)8-16-13(19)9-6-3-4-7-10(9)15/h3-4,6-7,11H,2,5,8H2,1H3,(H,16,19)(H,17,18)(H,20,21)/t11-/m1/s1. The van der Waals surface area contributed by atoms with Crippen LogP contribution in [0.4, 0.5) is 4.39 Å². The first-order valence-electron chi connectivity index (χ1n) is 6.50. The number of carbonyl (C=O) groups excluding carboxylic acids is 2. The fourth-order valence-electron chi connectivity index (χ4n) is 1.69. The van der Waals surface area contributed by atoms with Crippen LogP contribution in [0.15, 0.2) is 24.3 Å². The molecule has 1 aromatic carbocycles. The molecule has 1 aromatic rings. The Morgan fingerprint density at radius 2 is 1.95 bits per heavy atom. The molecule has 0 unspecified atom stereocenters. The molecule has 0 saturated heterocycles. The number of benzene rings is 1. The summed E-state index contributed by atoms with van der Waals surface area (Å²) in [7, 11) is 0. The first-order chi connectivity index (χ1) is 9.95. The summed E-state index contributed by atoms with van der Waals surface area (Å²) in [5.41, 5.74) is -0.173. The molecule has 0 aliphatic heterocycles. The molecule has 0 aliphatic carbocycles. The number of hydrogen-bond donors (Lipinski definition) is 3. The van der Waals surface area contributed by atoms with Crippen LogP contribution in [0.5, 0.6) is 0 Å². The molecule has 0 bridgehead atoms. The molecule has 7 heteroatoms. The summed E-state index contributed by atoms with van der Waals surface area (Å²) in [5.74, 6) is -3.19. The van der Waals surface area contributed by atoms with Crippen LogP contribution in [-0.4, -0.2) is 35.5 Å². The minimum absolute atomic E-state index is 0.173. The topological polar surface area (TPSA) is 95.5 Å². The van der Waals surface area contributed by atoms with Crippen molar-refractivity contribution in [3.05, 3.63) is 35.6 Å². The maximum absolute atomic E-state index is 13.3. The van der Waals surface area contributed by atoms with Gasteiger partial charge in [-0.1, -0.05) is 25.5 Å². The number of halogens is 1. The smallest absolute Gasteiger partial charge is 0.326 e. The van der Waals surface area contributed by atoms with Gasteiger partial charge in [0.05, 0.1) is 12.1 Å². The Hall–Kier alpha value is -2.44. The highest BCUT2D eigenvalue weighted by Gasteiger charge is 2.19. The second-order valence-corrected chi connectivity index (χ2v) is 4.41. The first kappa shape index (κ1) is 16.6. The molecule has 0 fully saturated rings. The second kappa shape index (κ2) is 7.98. The molecule has 1 rings (SSSR count). The van der Waals surface area contributed by atoms with Crippen LogP contribution in [-0.2, 0) is 9.59 Å². The molecule has 0 saturated carbocycles. The van der Waals surface area contributed by atoms with Gasteiger partial charge < -0.3 is 15.7 Å². The van der Waals surface area contributed by atoms with E-state index < -0.39 is 36.2 Å². The Labute approximate surface area is 121 Å². The van der Waals surface area contributed by atoms with Crippen LogP contribution in [0.25, 0.3) is 0 Å². The fraction of sp³-hybridized carbons (Fsp3) is 0.357. The molecule has 0 aromatic heterocycles. The zero-order valence-electron chi connectivity index (χ0n) is 11.6. The predicted octanol–water partition coefficient (Wildman–Crippen LogP) is 0.925. The van der Waals surface area contributed by atoms with Gasteiger partial charge in [0.1, 0.15) is 11.9 Å².